The highest BCUT2D eigenvalue weighted by Crippen LogP contribution is 2.44. The Morgan fingerprint density at radius 2 is 1.71 bits per heavy atom. The van der Waals surface area contributed by atoms with Crippen molar-refractivity contribution in [3.05, 3.63) is 59.7 Å². The molecule has 0 radical (unpaired) electrons. The molecule has 35 heavy (non-hydrogen) atoms. The molecule has 1 fully saturated rings. The van der Waals surface area contributed by atoms with Crippen LogP contribution in [0, 0.1) is 11.8 Å². The Morgan fingerprint density at radius 3 is 2.29 bits per heavy atom. The molecule has 0 aliphatic heterocycles. The van der Waals surface area contributed by atoms with Crippen LogP contribution in [0.4, 0.5) is 4.79 Å². The van der Waals surface area contributed by atoms with E-state index in [0.717, 1.165) is 35.1 Å². The first-order valence-electron chi connectivity index (χ1n) is 12.3. The number of benzene rings is 2. The number of carboxylic acid groups (broad SMARTS) is 1. The van der Waals surface area contributed by atoms with Crippen LogP contribution < -0.4 is 5.32 Å². The number of rotatable bonds is 7. The predicted molar refractivity (Wildman–Crippen MR) is 133 cm³/mol. The maximum atomic E-state index is 13.5. The molecule has 0 bridgehead atoms. The number of aliphatic carboxylic acids is 1. The van der Waals surface area contributed by atoms with Gasteiger partial charge in [-0.15, -0.1) is 0 Å². The molecular weight excluding hydrogens is 444 g/mol. The third-order valence-electron chi connectivity index (χ3n) is 7.41. The molecule has 0 heterocycles. The Balaban J connectivity index is 1.48. The van der Waals surface area contributed by atoms with Gasteiger partial charge in [-0.3, -0.25) is 9.59 Å². The second-order valence-electron chi connectivity index (χ2n) is 10.2. The standard InChI is InChI=1S/C28H34N2O5/c1-18-9-8-14-28(15-18,26(33)30(3)16-19(2)25(31)32)29-27(34)35-17-24-22-12-6-4-10-20(22)21-11-5-7-13-23(21)24/h4-7,10-13,18-19,24H,8-9,14-17H2,1-3H3,(H,29,34)(H,31,32). The molecule has 7 heteroatoms. The van der Waals surface area contributed by atoms with Gasteiger partial charge in [-0.25, -0.2) is 4.79 Å². The van der Waals surface area contributed by atoms with Crippen molar-refractivity contribution in [3.8, 4) is 11.1 Å². The first-order valence-corrected chi connectivity index (χ1v) is 12.3. The summed E-state index contributed by atoms with van der Waals surface area (Å²) < 4.78 is 5.74. The van der Waals surface area contributed by atoms with Crippen molar-refractivity contribution in [2.45, 2.75) is 51.0 Å². The quantitative estimate of drug-likeness (QED) is 0.604. The number of likely N-dealkylation sites (N-methyl/N-ethyl adjacent to an activating group) is 1. The van der Waals surface area contributed by atoms with Gasteiger partial charge in [0.1, 0.15) is 12.1 Å². The Labute approximate surface area is 206 Å². The third-order valence-corrected chi connectivity index (χ3v) is 7.41. The number of nitrogens with one attached hydrogen (secondary N) is 1. The number of alkyl carbamates (subject to hydrolysis) is 1. The number of ether oxygens (including phenoxy) is 1. The smallest absolute Gasteiger partial charge is 0.408 e. The van der Waals surface area contributed by atoms with Crippen molar-refractivity contribution in [2.75, 3.05) is 20.2 Å². The molecule has 186 valence electrons. The molecule has 1 saturated carbocycles. The van der Waals surface area contributed by atoms with E-state index < -0.39 is 23.5 Å². The Bertz CT molecular complexity index is 1070. The largest absolute Gasteiger partial charge is 0.481 e. The van der Waals surface area contributed by atoms with Gasteiger partial charge in [0.05, 0.1) is 5.92 Å². The SMILES string of the molecule is CC1CCCC(NC(=O)OCC2c3ccccc3-c3ccccc32)(C(=O)N(C)CC(C)C(=O)O)C1. The molecule has 2 aromatic carbocycles. The van der Waals surface area contributed by atoms with Gasteiger partial charge in [-0.05, 0) is 41.0 Å². The Morgan fingerprint density at radius 1 is 1.11 bits per heavy atom. The summed E-state index contributed by atoms with van der Waals surface area (Å²) in [5.41, 5.74) is 3.47. The fraction of sp³-hybridized carbons (Fsp3) is 0.464. The average molecular weight is 479 g/mol. The normalized spacial score (nSPS) is 22.0. The summed E-state index contributed by atoms with van der Waals surface area (Å²) in [4.78, 5) is 39.3. The highest BCUT2D eigenvalue weighted by molar-refractivity contribution is 5.90. The van der Waals surface area contributed by atoms with Crippen molar-refractivity contribution in [2.24, 2.45) is 11.8 Å². The fourth-order valence-corrected chi connectivity index (χ4v) is 5.68. The molecular formula is C28H34N2O5. The van der Waals surface area contributed by atoms with E-state index in [4.69, 9.17) is 4.74 Å². The summed E-state index contributed by atoms with van der Waals surface area (Å²) >= 11 is 0. The van der Waals surface area contributed by atoms with E-state index in [0.29, 0.717) is 12.8 Å². The molecule has 2 aliphatic rings. The monoisotopic (exact) mass is 478 g/mol. The van der Waals surface area contributed by atoms with Gasteiger partial charge in [0.15, 0.2) is 0 Å². The maximum absolute atomic E-state index is 13.5. The molecule has 0 aromatic heterocycles. The van der Waals surface area contributed by atoms with E-state index in [-0.39, 0.29) is 30.9 Å². The van der Waals surface area contributed by atoms with Crippen LogP contribution >= 0.6 is 0 Å². The third kappa shape index (κ3) is 5.04. The van der Waals surface area contributed by atoms with Gasteiger partial charge >= 0.3 is 12.1 Å². The summed E-state index contributed by atoms with van der Waals surface area (Å²) in [7, 11) is 1.60. The lowest BCUT2D eigenvalue weighted by Crippen LogP contribution is -2.61. The topological polar surface area (TPSA) is 95.9 Å². The Hall–Kier alpha value is -3.35. The van der Waals surface area contributed by atoms with Crippen molar-refractivity contribution in [1.29, 1.82) is 0 Å². The van der Waals surface area contributed by atoms with Crippen molar-refractivity contribution in [3.63, 3.8) is 0 Å². The number of hydrogen-bond donors (Lipinski definition) is 2. The fourth-order valence-electron chi connectivity index (χ4n) is 5.68. The molecule has 3 unspecified atom stereocenters. The summed E-state index contributed by atoms with van der Waals surface area (Å²) in [6.45, 7) is 3.89. The van der Waals surface area contributed by atoms with Crippen molar-refractivity contribution in [1.82, 2.24) is 10.2 Å². The maximum Gasteiger partial charge on any atom is 0.408 e. The van der Waals surface area contributed by atoms with Crippen LogP contribution in [0.1, 0.15) is 56.6 Å². The van der Waals surface area contributed by atoms with E-state index in [1.807, 2.05) is 24.3 Å². The minimum absolute atomic E-state index is 0.0656. The lowest BCUT2D eigenvalue weighted by atomic mass is 9.75. The van der Waals surface area contributed by atoms with Crippen LogP contribution in [-0.4, -0.2) is 53.7 Å². The first kappa shape index (κ1) is 24.8. The molecule has 2 amide bonds. The van der Waals surface area contributed by atoms with Gasteiger partial charge in [0, 0.05) is 19.5 Å². The van der Waals surface area contributed by atoms with Crippen LogP contribution in [0.15, 0.2) is 48.5 Å². The van der Waals surface area contributed by atoms with Crippen molar-refractivity contribution < 1.29 is 24.2 Å². The van der Waals surface area contributed by atoms with Crippen LogP contribution in [0.3, 0.4) is 0 Å². The van der Waals surface area contributed by atoms with Crippen LogP contribution in [0.2, 0.25) is 0 Å². The first-order chi connectivity index (χ1) is 16.7. The summed E-state index contributed by atoms with van der Waals surface area (Å²) in [6, 6.07) is 16.3. The van der Waals surface area contributed by atoms with Crippen LogP contribution in [0.5, 0.6) is 0 Å². The van der Waals surface area contributed by atoms with E-state index in [9.17, 15) is 19.5 Å². The second kappa shape index (κ2) is 10.1. The number of carbonyl (C=O) groups is 3. The lowest BCUT2D eigenvalue weighted by molar-refractivity contribution is -0.145. The number of fused-ring (bicyclic) bond motifs is 3. The summed E-state index contributed by atoms with van der Waals surface area (Å²) in [5.74, 6) is -1.72. The van der Waals surface area contributed by atoms with Gasteiger partial charge in [-0.1, -0.05) is 75.2 Å². The zero-order chi connectivity index (χ0) is 25.2. The van der Waals surface area contributed by atoms with Crippen molar-refractivity contribution >= 4 is 18.0 Å². The molecule has 4 rings (SSSR count). The van der Waals surface area contributed by atoms with E-state index in [1.54, 1.807) is 14.0 Å². The molecule has 0 saturated heterocycles. The van der Waals surface area contributed by atoms with Crippen LogP contribution in [-0.2, 0) is 14.3 Å². The predicted octanol–water partition coefficient (Wildman–Crippen LogP) is 4.65. The van der Waals surface area contributed by atoms with E-state index >= 15 is 0 Å². The number of carbonyl (C=O) groups excluding carboxylic acids is 2. The number of nitrogens with zero attached hydrogens (tertiary/aromatic N) is 1. The second-order valence-corrected chi connectivity index (χ2v) is 10.2. The zero-order valence-electron chi connectivity index (χ0n) is 20.6. The van der Waals surface area contributed by atoms with Gasteiger partial charge < -0.3 is 20.1 Å². The number of hydrogen-bond acceptors (Lipinski definition) is 4. The average Bonchev–Trinajstić information content (AvgIpc) is 3.15. The minimum atomic E-state index is -1.09. The summed E-state index contributed by atoms with van der Waals surface area (Å²) in [5, 5.41) is 12.2. The molecule has 3 atom stereocenters. The minimum Gasteiger partial charge on any atom is -0.481 e. The molecule has 2 N–H and O–H groups in total. The molecule has 0 spiro atoms. The molecule has 7 nitrogen and oxygen atoms in total. The molecule has 2 aliphatic carbocycles. The highest BCUT2D eigenvalue weighted by atomic mass is 16.5. The lowest BCUT2D eigenvalue weighted by Gasteiger charge is -2.41. The molecule has 2 aromatic rings. The van der Waals surface area contributed by atoms with E-state index in [1.165, 1.54) is 4.90 Å². The highest BCUT2D eigenvalue weighted by Gasteiger charge is 2.45. The number of amides is 2. The van der Waals surface area contributed by atoms with Crippen LogP contribution in [0.25, 0.3) is 11.1 Å². The van der Waals surface area contributed by atoms with Gasteiger partial charge in [-0.2, -0.15) is 0 Å². The summed E-state index contributed by atoms with van der Waals surface area (Å²) in [6.07, 6.45) is 2.18. The van der Waals surface area contributed by atoms with Gasteiger partial charge in [0.2, 0.25) is 5.91 Å². The number of carboxylic acids is 1. The van der Waals surface area contributed by atoms with E-state index in [2.05, 4.69) is 36.5 Å². The Kier molecular flexibility index (Phi) is 7.15. The zero-order valence-corrected chi connectivity index (χ0v) is 20.6. The van der Waals surface area contributed by atoms with Gasteiger partial charge in [0.25, 0.3) is 0 Å².